The smallest absolute Gasteiger partial charge is 0.214 e. The van der Waals surface area contributed by atoms with E-state index < -0.39 is 10.0 Å². The van der Waals surface area contributed by atoms with E-state index in [2.05, 4.69) is 4.98 Å². The fraction of sp³-hybridized carbons (Fsp3) is 0.471. The van der Waals surface area contributed by atoms with Gasteiger partial charge >= 0.3 is 0 Å². The quantitative estimate of drug-likeness (QED) is 0.778. The van der Waals surface area contributed by atoms with Crippen molar-refractivity contribution >= 4 is 10.0 Å². The highest BCUT2D eigenvalue weighted by Crippen LogP contribution is 2.32. The third kappa shape index (κ3) is 3.70. The lowest BCUT2D eigenvalue weighted by Crippen LogP contribution is -2.32. The van der Waals surface area contributed by atoms with Crippen LogP contribution in [0.1, 0.15) is 6.04 Å². The molecule has 136 valence electrons. The topological polar surface area (TPSA) is 73.7 Å². The Kier molecular flexibility index (Phi) is 5.12. The predicted molar refractivity (Wildman–Crippen MR) is 95.0 cm³/mol. The number of aromatic nitrogens is 2. The van der Waals surface area contributed by atoms with Crippen LogP contribution in [-0.2, 0) is 14.8 Å². The Labute approximate surface area is 148 Å². The zero-order valence-corrected chi connectivity index (χ0v) is 15.4. The first-order valence-corrected chi connectivity index (χ1v) is 9.68. The Morgan fingerprint density at radius 3 is 2.88 bits per heavy atom. The average molecular weight is 365 g/mol. The van der Waals surface area contributed by atoms with Crippen LogP contribution in [0.5, 0.6) is 5.75 Å². The molecule has 1 aromatic carbocycles. The second-order valence-electron chi connectivity index (χ2n) is 6.32. The van der Waals surface area contributed by atoms with E-state index >= 15 is 0 Å². The standard InChI is InChI=1S/C17H23N3O4S/c1-19(2)25(21,22)12-14-10-24-11-16(14)20-8-7-18-17(20)13-5-4-6-15(9-13)23-3/h4-9,14,16H,10-12H2,1-3H3/t14-,16+/m0/s1. The molecule has 1 fully saturated rings. The van der Waals surface area contributed by atoms with Crippen molar-refractivity contribution in [2.75, 3.05) is 40.2 Å². The van der Waals surface area contributed by atoms with Crippen molar-refractivity contribution in [1.82, 2.24) is 13.9 Å². The van der Waals surface area contributed by atoms with Crippen LogP contribution in [0.15, 0.2) is 36.7 Å². The zero-order chi connectivity index (χ0) is 18.0. The maximum atomic E-state index is 12.3. The zero-order valence-electron chi connectivity index (χ0n) is 14.6. The summed E-state index contributed by atoms with van der Waals surface area (Å²) < 4.78 is 38.7. The van der Waals surface area contributed by atoms with E-state index in [1.54, 1.807) is 27.4 Å². The predicted octanol–water partition coefficient (Wildman–Crippen LogP) is 1.64. The molecule has 0 bridgehead atoms. The number of imidazole rings is 1. The lowest BCUT2D eigenvalue weighted by atomic mass is 10.1. The molecule has 8 heteroatoms. The summed E-state index contributed by atoms with van der Waals surface area (Å²) in [7, 11) is 1.44. The van der Waals surface area contributed by atoms with Crippen LogP contribution in [0.2, 0.25) is 0 Å². The summed E-state index contributed by atoms with van der Waals surface area (Å²) in [5.41, 5.74) is 0.922. The molecule has 2 heterocycles. The highest BCUT2D eigenvalue weighted by atomic mass is 32.2. The molecule has 25 heavy (non-hydrogen) atoms. The molecule has 0 N–H and O–H groups in total. The minimum absolute atomic E-state index is 0.0559. The van der Waals surface area contributed by atoms with Crippen molar-refractivity contribution in [3.8, 4) is 17.1 Å². The highest BCUT2D eigenvalue weighted by molar-refractivity contribution is 7.89. The molecule has 7 nitrogen and oxygen atoms in total. The minimum Gasteiger partial charge on any atom is -0.497 e. The number of methoxy groups -OCH3 is 1. The van der Waals surface area contributed by atoms with Gasteiger partial charge in [0.15, 0.2) is 0 Å². The molecule has 2 atom stereocenters. The van der Waals surface area contributed by atoms with E-state index in [0.717, 1.165) is 17.1 Å². The number of sulfonamides is 1. The third-order valence-corrected chi connectivity index (χ3v) is 6.46. The second-order valence-corrected chi connectivity index (χ2v) is 8.54. The SMILES string of the molecule is COc1cccc(-c2nccn2[C@@H]2COC[C@H]2CS(=O)(=O)N(C)C)c1. The fourth-order valence-electron chi connectivity index (χ4n) is 3.04. The minimum atomic E-state index is -3.29. The van der Waals surface area contributed by atoms with Crippen molar-refractivity contribution < 1.29 is 17.9 Å². The average Bonchev–Trinajstić information content (AvgIpc) is 3.23. The molecule has 0 radical (unpaired) electrons. The number of nitrogens with zero attached hydrogens (tertiary/aromatic N) is 3. The van der Waals surface area contributed by atoms with E-state index in [1.165, 1.54) is 4.31 Å². The Bertz CT molecular complexity index is 832. The van der Waals surface area contributed by atoms with Gasteiger partial charge in [0, 0.05) is 38.0 Å². The van der Waals surface area contributed by atoms with Crippen LogP contribution in [0.3, 0.4) is 0 Å². The summed E-state index contributed by atoms with van der Waals surface area (Å²) in [5, 5.41) is 0. The van der Waals surface area contributed by atoms with Gasteiger partial charge in [0.1, 0.15) is 11.6 Å². The van der Waals surface area contributed by atoms with Crippen LogP contribution in [0.4, 0.5) is 0 Å². The summed E-state index contributed by atoms with van der Waals surface area (Å²) in [4.78, 5) is 4.46. The fourth-order valence-corrected chi connectivity index (χ4v) is 4.20. The van der Waals surface area contributed by atoms with Crippen LogP contribution in [0.25, 0.3) is 11.4 Å². The molecule has 1 saturated heterocycles. The molecule has 0 unspecified atom stereocenters. The molecule has 0 spiro atoms. The summed E-state index contributed by atoms with van der Waals surface area (Å²) in [6.45, 7) is 0.897. The van der Waals surface area contributed by atoms with Crippen molar-refractivity contribution in [3.05, 3.63) is 36.7 Å². The maximum Gasteiger partial charge on any atom is 0.214 e. The Morgan fingerprint density at radius 2 is 2.16 bits per heavy atom. The van der Waals surface area contributed by atoms with Crippen molar-refractivity contribution in [1.29, 1.82) is 0 Å². The Balaban J connectivity index is 1.90. The van der Waals surface area contributed by atoms with Crippen LogP contribution >= 0.6 is 0 Å². The molecular formula is C17H23N3O4S. The highest BCUT2D eigenvalue weighted by Gasteiger charge is 2.35. The van der Waals surface area contributed by atoms with E-state index in [0.29, 0.717) is 13.2 Å². The maximum absolute atomic E-state index is 12.3. The third-order valence-electron chi connectivity index (χ3n) is 4.50. The van der Waals surface area contributed by atoms with Crippen LogP contribution in [-0.4, -0.2) is 62.4 Å². The van der Waals surface area contributed by atoms with Gasteiger partial charge in [-0.25, -0.2) is 17.7 Å². The molecule has 3 rings (SSSR count). The van der Waals surface area contributed by atoms with Crippen molar-refractivity contribution in [3.63, 3.8) is 0 Å². The van der Waals surface area contributed by atoms with Crippen molar-refractivity contribution in [2.45, 2.75) is 6.04 Å². The molecule has 2 aromatic rings. The summed E-state index contributed by atoms with van der Waals surface area (Å²) in [5.74, 6) is 1.47. The van der Waals surface area contributed by atoms with Gasteiger partial charge in [0.25, 0.3) is 0 Å². The number of ether oxygens (including phenoxy) is 2. The van der Waals surface area contributed by atoms with Crippen LogP contribution in [0, 0.1) is 5.92 Å². The second kappa shape index (κ2) is 7.15. The van der Waals surface area contributed by atoms with Gasteiger partial charge in [-0.2, -0.15) is 0 Å². The van der Waals surface area contributed by atoms with Gasteiger partial charge in [-0.15, -0.1) is 0 Å². The first kappa shape index (κ1) is 17.9. The molecule has 0 aliphatic carbocycles. The van der Waals surface area contributed by atoms with Gasteiger partial charge in [-0.3, -0.25) is 0 Å². The summed E-state index contributed by atoms with van der Waals surface area (Å²) >= 11 is 0. The van der Waals surface area contributed by atoms with E-state index in [9.17, 15) is 8.42 Å². The van der Waals surface area contributed by atoms with E-state index in [-0.39, 0.29) is 17.7 Å². The van der Waals surface area contributed by atoms with Crippen molar-refractivity contribution in [2.24, 2.45) is 5.92 Å². The number of benzene rings is 1. The molecule has 1 aromatic heterocycles. The molecule has 0 amide bonds. The molecule has 0 saturated carbocycles. The van der Waals surface area contributed by atoms with Gasteiger partial charge < -0.3 is 14.0 Å². The van der Waals surface area contributed by atoms with Gasteiger partial charge in [-0.05, 0) is 12.1 Å². The van der Waals surface area contributed by atoms with E-state index in [1.807, 2.05) is 35.0 Å². The van der Waals surface area contributed by atoms with E-state index in [4.69, 9.17) is 9.47 Å². The molecular weight excluding hydrogens is 342 g/mol. The monoisotopic (exact) mass is 365 g/mol. The first-order chi connectivity index (χ1) is 11.9. The normalized spacial score (nSPS) is 21.0. The molecule has 1 aliphatic heterocycles. The first-order valence-electron chi connectivity index (χ1n) is 8.07. The lowest BCUT2D eigenvalue weighted by molar-refractivity contribution is 0.182. The summed E-state index contributed by atoms with van der Waals surface area (Å²) in [6.07, 6.45) is 3.61. The Hall–Kier alpha value is -1.90. The Morgan fingerprint density at radius 1 is 1.36 bits per heavy atom. The number of hydrogen-bond acceptors (Lipinski definition) is 5. The molecule has 1 aliphatic rings. The lowest BCUT2D eigenvalue weighted by Gasteiger charge is -2.22. The summed E-state index contributed by atoms with van der Waals surface area (Å²) in [6, 6.07) is 7.59. The number of rotatable bonds is 6. The van der Waals surface area contributed by atoms with Gasteiger partial charge in [0.2, 0.25) is 10.0 Å². The largest absolute Gasteiger partial charge is 0.497 e. The van der Waals surface area contributed by atoms with Crippen LogP contribution < -0.4 is 4.74 Å². The number of hydrogen-bond donors (Lipinski definition) is 0. The van der Waals surface area contributed by atoms with Gasteiger partial charge in [-0.1, -0.05) is 12.1 Å². The van der Waals surface area contributed by atoms with Gasteiger partial charge in [0.05, 0.1) is 32.1 Å².